The van der Waals surface area contributed by atoms with Gasteiger partial charge in [-0.2, -0.15) is 0 Å². The zero-order chi connectivity index (χ0) is 22.2. The van der Waals surface area contributed by atoms with E-state index in [0.29, 0.717) is 36.6 Å². The van der Waals surface area contributed by atoms with Crippen molar-refractivity contribution in [2.24, 2.45) is 0 Å². The fourth-order valence-electron chi connectivity index (χ4n) is 3.70. The highest BCUT2D eigenvalue weighted by Crippen LogP contribution is 2.34. The van der Waals surface area contributed by atoms with Gasteiger partial charge in [0.05, 0.1) is 22.6 Å². The number of rotatable bonds is 7. The molecule has 166 valence electrons. The molecule has 1 saturated carbocycles. The highest BCUT2D eigenvalue weighted by Gasteiger charge is 2.46. The van der Waals surface area contributed by atoms with Gasteiger partial charge in [-0.05, 0) is 40.5 Å². The van der Waals surface area contributed by atoms with Crippen LogP contribution in [0.15, 0.2) is 21.2 Å². The van der Waals surface area contributed by atoms with Crippen molar-refractivity contribution in [1.29, 1.82) is 0 Å². The zero-order valence-corrected chi connectivity index (χ0v) is 19.1. The summed E-state index contributed by atoms with van der Waals surface area (Å²) in [5, 5.41) is 6.18. The van der Waals surface area contributed by atoms with E-state index in [0.717, 1.165) is 19.3 Å². The molecule has 9 heteroatoms. The summed E-state index contributed by atoms with van der Waals surface area (Å²) in [5.41, 5.74) is -0.0825. The maximum Gasteiger partial charge on any atom is 0.247 e. The molecule has 1 N–H and O–H groups in total. The molecule has 30 heavy (non-hydrogen) atoms. The third-order valence-electron chi connectivity index (χ3n) is 6.11. The van der Waals surface area contributed by atoms with Crippen molar-refractivity contribution in [2.45, 2.75) is 88.6 Å². The predicted molar refractivity (Wildman–Crippen MR) is 113 cm³/mol. The van der Waals surface area contributed by atoms with E-state index < -0.39 is 31.2 Å². The van der Waals surface area contributed by atoms with E-state index in [-0.39, 0.29) is 5.88 Å². The number of nitrogens with zero attached hydrogens (tertiary/aromatic N) is 2. The quantitative estimate of drug-likeness (QED) is 0.695. The number of hydrogen-bond donors (Lipinski definition) is 1. The van der Waals surface area contributed by atoms with Crippen LogP contribution in [-0.4, -0.2) is 34.5 Å². The lowest BCUT2D eigenvalue weighted by Gasteiger charge is -2.30. The van der Waals surface area contributed by atoms with Crippen molar-refractivity contribution >= 4 is 21.6 Å². The van der Waals surface area contributed by atoms with Crippen LogP contribution in [0.2, 0.25) is 0 Å². The maximum atomic E-state index is 13.1. The maximum absolute atomic E-state index is 13.1. The third kappa shape index (κ3) is 4.04. The average molecular weight is 438 g/mol. The Morgan fingerprint density at radius 2 is 1.87 bits per heavy atom. The van der Waals surface area contributed by atoms with Crippen LogP contribution in [0.1, 0.15) is 84.1 Å². The fraction of sp³-hybridized carbons (Fsp3) is 0.667. The number of anilines is 1. The summed E-state index contributed by atoms with van der Waals surface area (Å²) >= 11 is 0. The van der Waals surface area contributed by atoms with Gasteiger partial charge in [-0.25, -0.2) is 13.4 Å². The molecule has 0 radical (unpaired) electrons. The number of nitrogens with one attached hydrogen (secondary N) is 1. The molecule has 1 amide bonds. The number of sulfone groups is 1. The van der Waals surface area contributed by atoms with E-state index in [1.807, 2.05) is 20.8 Å². The Morgan fingerprint density at radius 1 is 1.20 bits per heavy atom. The number of oxazole rings is 1. The van der Waals surface area contributed by atoms with Crippen LogP contribution in [0.4, 0.5) is 5.88 Å². The first-order chi connectivity index (χ1) is 14.0. The van der Waals surface area contributed by atoms with E-state index >= 15 is 0 Å². The zero-order valence-electron chi connectivity index (χ0n) is 18.3. The van der Waals surface area contributed by atoms with Gasteiger partial charge in [0.25, 0.3) is 0 Å². The Hall–Kier alpha value is -2.16. The van der Waals surface area contributed by atoms with Crippen LogP contribution in [0, 0.1) is 0 Å². The second-order valence-electron chi connectivity index (χ2n) is 8.94. The standard InChI is InChI=1S/C21H31N3O5S/c1-6-17-22-13-16(28-17)20(2,3)15-12-18(29-24-15)23-19(25)21(4,5)30(26,27)14-10-8-7-9-11-14/h12-14H,6-11H2,1-5H3,(H,23,25). The highest BCUT2D eigenvalue weighted by atomic mass is 32.2. The second kappa shape index (κ2) is 8.17. The van der Waals surface area contributed by atoms with Gasteiger partial charge in [0.1, 0.15) is 10.5 Å². The number of carbonyl (C=O) groups is 1. The second-order valence-corrected chi connectivity index (χ2v) is 11.7. The molecule has 0 aliphatic heterocycles. The van der Waals surface area contributed by atoms with Crippen molar-refractivity contribution in [3.8, 4) is 0 Å². The molecule has 1 aliphatic carbocycles. The van der Waals surface area contributed by atoms with Crippen LogP contribution in [0.3, 0.4) is 0 Å². The van der Waals surface area contributed by atoms with Crippen LogP contribution < -0.4 is 5.32 Å². The van der Waals surface area contributed by atoms with Crippen LogP contribution in [0.25, 0.3) is 0 Å². The molecular weight excluding hydrogens is 406 g/mol. The minimum absolute atomic E-state index is 0.102. The highest BCUT2D eigenvalue weighted by molar-refractivity contribution is 7.94. The SMILES string of the molecule is CCc1ncc(C(C)(C)c2cc(NC(=O)C(C)(C)S(=O)(=O)C3CCCCC3)on2)o1. The molecule has 0 aromatic carbocycles. The first-order valence-corrected chi connectivity index (χ1v) is 12.0. The summed E-state index contributed by atoms with van der Waals surface area (Å²) in [5.74, 6) is 0.738. The van der Waals surface area contributed by atoms with Gasteiger partial charge in [0.15, 0.2) is 15.7 Å². The Bertz CT molecular complexity index is 998. The molecule has 0 saturated heterocycles. The number of hydrogen-bond acceptors (Lipinski definition) is 7. The molecule has 2 aromatic heterocycles. The van der Waals surface area contributed by atoms with Gasteiger partial charge in [-0.15, -0.1) is 0 Å². The average Bonchev–Trinajstić information content (AvgIpc) is 3.38. The summed E-state index contributed by atoms with van der Waals surface area (Å²) in [7, 11) is -3.64. The molecule has 0 spiro atoms. The normalized spacial score (nSPS) is 16.6. The number of aromatic nitrogens is 2. The number of amides is 1. The minimum Gasteiger partial charge on any atom is -0.445 e. The molecule has 1 fully saturated rings. The first-order valence-electron chi connectivity index (χ1n) is 10.5. The summed E-state index contributed by atoms with van der Waals surface area (Å²) in [6.07, 6.45) is 6.35. The monoisotopic (exact) mass is 437 g/mol. The summed E-state index contributed by atoms with van der Waals surface area (Å²) in [6, 6.07) is 1.59. The summed E-state index contributed by atoms with van der Waals surface area (Å²) in [4.78, 5) is 17.1. The van der Waals surface area contributed by atoms with Gasteiger partial charge >= 0.3 is 0 Å². The molecule has 0 atom stereocenters. The number of aryl methyl sites for hydroxylation is 1. The van der Waals surface area contributed by atoms with E-state index in [4.69, 9.17) is 8.94 Å². The largest absolute Gasteiger partial charge is 0.445 e. The molecule has 1 aliphatic rings. The Balaban J connectivity index is 1.76. The molecule has 0 bridgehead atoms. The molecule has 3 rings (SSSR count). The van der Waals surface area contributed by atoms with E-state index in [9.17, 15) is 13.2 Å². The molecule has 8 nitrogen and oxygen atoms in total. The lowest BCUT2D eigenvalue weighted by atomic mass is 9.87. The van der Waals surface area contributed by atoms with Crippen molar-refractivity contribution in [1.82, 2.24) is 10.1 Å². The van der Waals surface area contributed by atoms with Crippen molar-refractivity contribution in [2.75, 3.05) is 5.32 Å². The van der Waals surface area contributed by atoms with Crippen LogP contribution in [0.5, 0.6) is 0 Å². The van der Waals surface area contributed by atoms with Crippen molar-refractivity contribution < 1.29 is 22.2 Å². The van der Waals surface area contributed by atoms with Gasteiger partial charge in [0.2, 0.25) is 11.8 Å². The molecule has 2 aromatic rings. The lowest BCUT2D eigenvalue weighted by molar-refractivity contribution is -0.118. The molecule has 2 heterocycles. The van der Waals surface area contributed by atoms with E-state index in [2.05, 4.69) is 15.5 Å². The fourth-order valence-corrected chi connectivity index (χ4v) is 5.80. The third-order valence-corrected chi connectivity index (χ3v) is 9.07. The van der Waals surface area contributed by atoms with E-state index in [1.165, 1.54) is 13.8 Å². The van der Waals surface area contributed by atoms with Crippen LogP contribution in [-0.2, 0) is 26.5 Å². The van der Waals surface area contributed by atoms with Crippen LogP contribution >= 0.6 is 0 Å². The topological polar surface area (TPSA) is 115 Å². The van der Waals surface area contributed by atoms with Crippen molar-refractivity contribution in [3.05, 3.63) is 29.6 Å². The molecular formula is C21H31N3O5S. The first kappa shape index (κ1) is 22.5. The van der Waals surface area contributed by atoms with E-state index in [1.54, 1.807) is 12.3 Å². The smallest absolute Gasteiger partial charge is 0.247 e. The van der Waals surface area contributed by atoms with Crippen molar-refractivity contribution in [3.63, 3.8) is 0 Å². The Labute approximate surface area is 177 Å². The number of carbonyl (C=O) groups excluding carboxylic acids is 1. The van der Waals surface area contributed by atoms with Gasteiger partial charge < -0.3 is 8.94 Å². The van der Waals surface area contributed by atoms with Gasteiger partial charge in [-0.1, -0.05) is 31.3 Å². The Morgan fingerprint density at radius 3 is 2.47 bits per heavy atom. The lowest BCUT2D eigenvalue weighted by Crippen LogP contribution is -2.49. The minimum atomic E-state index is -3.64. The summed E-state index contributed by atoms with van der Waals surface area (Å²) in [6.45, 7) is 8.68. The van der Waals surface area contributed by atoms with Gasteiger partial charge in [0, 0.05) is 12.5 Å². The summed E-state index contributed by atoms with van der Waals surface area (Å²) < 4.78 is 35.7. The molecule has 0 unspecified atom stereocenters. The predicted octanol–water partition coefficient (Wildman–Crippen LogP) is 4.02. The Kier molecular flexibility index (Phi) is 6.13. The van der Waals surface area contributed by atoms with Gasteiger partial charge in [-0.3, -0.25) is 10.1 Å².